The first kappa shape index (κ1) is 45.6. The Morgan fingerprint density at radius 3 is 0.556 bits per heavy atom. The fourth-order valence-electron chi connectivity index (χ4n) is 5.11. The van der Waals surface area contributed by atoms with Crippen LogP contribution in [0.15, 0.2) is 146 Å². The summed E-state index contributed by atoms with van der Waals surface area (Å²) in [5, 5.41) is 51.5. The van der Waals surface area contributed by atoms with Crippen LogP contribution in [0.1, 0.15) is 0 Å². The van der Waals surface area contributed by atoms with E-state index >= 15 is 0 Å². The van der Waals surface area contributed by atoms with Crippen molar-refractivity contribution in [2.24, 2.45) is 0 Å². The van der Waals surface area contributed by atoms with Gasteiger partial charge in [0.15, 0.2) is 0 Å². The summed E-state index contributed by atoms with van der Waals surface area (Å²) in [6.07, 6.45) is 0. The van der Waals surface area contributed by atoms with Gasteiger partial charge in [-0.1, -0.05) is 140 Å². The lowest BCUT2D eigenvalue weighted by Gasteiger charge is -2.02. The van der Waals surface area contributed by atoms with Gasteiger partial charge >= 0.3 is 0 Å². The zero-order chi connectivity index (χ0) is 44.0. The van der Waals surface area contributed by atoms with E-state index in [2.05, 4.69) is 62.5 Å². The molecular formula is C42H30Cl6N12S3. The number of anilines is 12. The molecular weight excluding hydrogens is 981 g/mol. The van der Waals surface area contributed by atoms with Gasteiger partial charge in [0, 0.05) is 64.3 Å². The molecule has 0 aliphatic carbocycles. The van der Waals surface area contributed by atoms with Gasteiger partial charge < -0.3 is 31.9 Å². The molecule has 3 heterocycles. The van der Waals surface area contributed by atoms with Crippen LogP contribution in [-0.4, -0.2) is 30.6 Å². The van der Waals surface area contributed by atoms with Crippen LogP contribution >= 0.6 is 104 Å². The highest BCUT2D eigenvalue weighted by atomic mass is 35.5. The summed E-state index contributed by atoms with van der Waals surface area (Å²) in [4.78, 5) is 0. The average Bonchev–Trinajstić information content (AvgIpc) is 4.00. The second kappa shape index (κ2) is 22.8. The quantitative estimate of drug-likeness (QED) is 0.0692. The van der Waals surface area contributed by atoms with E-state index in [9.17, 15) is 0 Å². The lowest BCUT2D eigenvalue weighted by atomic mass is 10.3. The Morgan fingerprint density at radius 2 is 0.413 bits per heavy atom. The third kappa shape index (κ3) is 15.1. The Hall–Kier alpha value is -5.46. The number of nitrogens with one attached hydrogen (secondary N) is 6. The maximum Gasteiger partial charge on any atom is 0.211 e. The summed E-state index contributed by atoms with van der Waals surface area (Å²) >= 11 is 39.9. The molecule has 0 fully saturated rings. The molecule has 0 atom stereocenters. The van der Waals surface area contributed by atoms with Crippen LogP contribution in [0.25, 0.3) is 0 Å². The van der Waals surface area contributed by atoms with Crippen molar-refractivity contribution in [2.75, 3.05) is 31.9 Å². The van der Waals surface area contributed by atoms with Gasteiger partial charge in [-0.05, 0) is 109 Å². The molecule has 0 saturated heterocycles. The van der Waals surface area contributed by atoms with Gasteiger partial charge in [-0.2, -0.15) is 0 Å². The first-order chi connectivity index (χ1) is 30.6. The summed E-state index contributed by atoms with van der Waals surface area (Å²) in [5.74, 6) is 0. The van der Waals surface area contributed by atoms with E-state index in [0.717, 1.165) is 34.1 Å². The van der Waals surface area contributed by atoms with Gasteiger partial charge in [0.2, 0.25) is 30.8 Å². The highest BCUT2D eigenvalue weighted by molar-refractivity contribution is 7.19. The summed E-state index contributed by atoms with van der Waals surface area (Å²) in [6, 6.07) is 44.6. The molecule has 0 saturated carbocycles. The number of aromatic nitrogens is 6. The molecule has 0 amide bonds. The maximum atomic E-state index is 5.94. The van der Waals surface area contributed by atoms with Gasteiger partial charge in [-0.15, -0.1) is 30.6 Å². The molecule has 63 heavy (non-hydrogen) atoms. The van der Waals surface area contributed by atoms with Crippen LogP contribution in [0.5, 0.6) is 0 Å². The first-order valence-corrected chi connectivity index (χ1v) is 22.9. The predicted octanol–water partition coefficient (Wildman–Crippen LogP) is 16.0. The van der Waals surface area contributed by atoms with Crippen LogP contribution < -0.4 is 31.9 Å². The molecule has 3 aromatic heterocycles. The minimum atomic E-state index is 0.668. The van der Waals surface area contributed by atoms with Crippen LogP contribution in [0.3, 0.4) is 0 Å². The van der Waals surface area contributed by atoms with Crippen molar-refractivity contribution in [3.8, 4) is 0 Å². The Labute approximate surface area is 403 Å². The van der Waals surface area contributed by atoms with Gasteiger partial charge in [-0.25, -0.2) is 0 Å². The van der Waals surface area contributed by atoms with Crippen molar-refractivity contribution >= 4 is 169 Å². The summed E-state index contributed by atoms with van der Waals surface area (Å²) in [5.41, 5.74) is 5.21. The third-order valence-corrected chi connectivity index (χ3v) is 11.4. The van der Waals surface area contributed by atoms with E-state index < -0.39 is 0 Å². The predicted molar refractivity (Wildman–Crippen MR) is 268 cm³/mol. The smallest absolute Gasteiger partial charge is 0.211 e. The summed E-state index contributed by atoms with van der Waals surface area (Å²) in [6.45, 7) is 0. The van der Waals surface area contributed by atoms with Gasteiger partial charge in [-0.3, -0.25) is 0 Å². The molecule has 0 radical (unpaired) electrons. The number of rotatable bonds is 12. The second-order valence-electron chi connectivity index (χ2n) is 12.5. The Bertz CT molecular complexity index is 2400. The molecule has 0 spiro atoms. The van der Waals surface area contributed by atoms with Crippen LogP contribution in [0.4, 0.5) is 64.9 Å². The number of halogens is 6. The number of nitrogens with zero attached hydrogens (tertiary/aromatic N) is 6. The van der Waals surface area contributed by atoms with E-state index in [0.29, 0.717) is 60.9 Å². The summed E-state index contributed by atoms with van der Waals surface area (Å²) < 4.78 is 0. The third-order valence-electron chi connectivity index (χ3n) is 7.73. The van der Waals surface area contributed by atoms with Crippen molar-refractivity contribution in [1.29, 1.82) is 0 Å². The van der Waals surface area contributed by atoms with E-state index in [1.165, 1.54) is 34.0 Å². The molecule has 6 N–H and O–H groups in total. The molecule has 12 nitrogen and oxygen atoms in total. The molecule has 9 aromatic rings. The molecule has 9 rings (SSSR count). The van der Waals surface area contributed by atoms with Gasteiger partial charge in [0.05, 0.1) is 0 Å². The highest BCUT2D eigenvalue weighted by Gasteiger charge is 2.08. The molecule has 318 valence electrons. The molecule has 0 aliphatic heterocycles. The Balaban J connectivity index is 0.000000142. The average molecular weight is 1010 g/mol. The fourth-order valence-corrected chi connectivity index (χ4v) is 8.31. The molecule has 0 aliphatic rings. The monoisotopic (exact) mass is 1010 g/mol. The first-order valence-electron chi connectivity index (χ1n) is 18.2. The van der Waals surface area contributed by atoms with Gasteiger partial charge in [0.25, 0.3) is 0 Å². The molecule has 0 bridgehead atoms. The van der Waals surface area contributed by atoms with Crippen LogP contribution in [-0.2, 0) is 0 Å². The Kier molecular flexibility index (Phi) is 16.5. The number of hydrogen-bond donors (Lipinski definition) is 6. The molecule has 6 aromatic carbocycles. The van der Waals surface area contributed by atoms with E-state index in [1.54, 1.807) is 0 Å². The largest absolute Gasteiger partial charge is 0.330 e. The number of hydrogen-bond acceptors (Lipinski definition) is 15. The van der Waals surface area contributed by atoms with Crippen LogP contribution in [0, 0.1) is 0 Å². The minimum Gasteiger partial charge on any atom is -0.330 e. The highest BCUT2D eigenvalue weighted by Crippen LogP contribution is 2.31. The fraction of sp³-hybridized carbons (Fsp3) is 0. The summed E-state index contributed by atoms with van der Waals surface area (Å²) in [7, 11) is 0. The van der Waals surface area contributed by atoms with Crippen LogP contribution in [0.2, 0.25) is 30.1 Å². The SMILES string of the molecule is Clc1cccc(Nc2nnc(Nc3cccc(Cl)c3)s2)c1.Clc1cccc(Nc2nnc(Nc3cccc(Cl)c3)s2)c1.Clc1cccc(Nc2nnc(Nc3cccc(Cl)c3)s2)c1. The molecule has 0 unspecified atom stereocenters. The van der Waals surface area contributed by atoms with Gasteiger partial charge in [0.1, 0.15) is 0 Å². The van der Waals surface area contributed by atoms with Crippen molar-refractivity contribution in [3.63, 3.8) is 0 Å². The normalized spacial score (nSPS) is 10.4. The van der Waals surface area contributed by atoms with Crippen molar-refractivity contribution in [1.82, 2.24) is 30.6 Å². The number of benzene rings is 6. The lowest BCUT2D eigenvalue weighted by molar-refractivity contribution is 1.09. The minimum absolute atomic E-state index is 0.668. The topological polar surface area (TPSA) is 150 Å². The van der Waals surface area contributed by atoms with E-state index in [4.69, 9.17) is 69.6 Å². The second-order valence-corrected chi connectivity index (χ2v) is 18.1. The van der Waals surface area contributed by atoms with Crippen molar-refractivity contribution in [2.45, 2.75) is 0 Å². The van der Waals surface area contributed by atoms with Crippen molar-refractivity contribution in [3.05, 3.63) is 176 Å². The van der Waals surface area contributed by atoms with E-state index in [1.807, 2.05) is 146 Å². The lowest BCUT2D eigenvalue weighted by Crippen LogP contribution is -1.89. The van der Waals surface area contributed by atoms with E-state index in [-0.39, 0.29) is 0 Å². The van der Waals surface area contributed by atoms with Crippen molar-refractivity contribution < 1.29 is 0 Å². The molecule has 21 heteroatoms. The Morgan fingerprint density at radius 1 is 0.254 bits per heavy atom. The maximum absolute atomic E-state index is 5.94. The zero-order valence-electron chi connectivity index (χ0n) is 32.0. The standard InChI is InChI=1S/3C14H10Cl2N4S/c3*15-9-3-1-5-11(7-9)17-13-19-20-14(21-13)18-12-6-2-4-10(16)8-12/h3*1-8H,(H,17,19)(H,18,20). The zero-order valence-corrected chi connectivity index (χ0v) is 39.0.